The van der Waals surface area contributed by atoms with Crippen LogP contribution in [-0.2, 0) is 4.74 Å². The third-order valence-corrected chi connectivity index (χ3v) is 6.56. The standard InChI is InChI=1S/C18H24O3/c1-11-8-17(3)15-12(2)18(11,9-19)10-20-16(15)13-6-4-5-7-14(13)21-17/h4-7,11-12,15-16,19H,8-10H2,1-3H3/t11-,12+,15+,16-,17+,18+/m1/s1. The summed E-state index contributed by atoms with van der Waals surface area (Å²) in [5, 5.41) is 10.1. The van der Waals surface area contributed by atoms with Crippen molar-refractivity contribution in [2.75, 3.05) is 13.2 Å². The summed E-state index contributed by atoms with van der Waals surface area (Å²) >= 11 is 0. The second kappa shape index (κ2) is 4.23. The van der Waals surface area contributed by atoms with E-state index in [1.807, 2.05) is 6.07 Å². The number of rotatable bonds is 1. The number of hydrogen-bond acceptors (Lipinski definition) is 3. The van der Waals surface area contributed by atoms with Gasteiger partial charge in [0.2, 0.25) is 0 Å². The van der Waals surface area contributed by atoms with Crippen LogP contribution in [0.15, 0.2) is 24.3 Å². The molecule has 21 heavy (non-hydrogen) atoms. The van der Waals surface area contributed by atoms with E-state index in [4.69, 9.17) is 9.47 Å². The van der Waals surface area contributed by atoms with Gasteiger partial charge in [-0.25, -0.2) is 0 Å². The summed E-state index contributed by atoms with van der Waals surface area (Å²) in [5.74, 6) is 2.07. The molecule has 2 aliphatic heterocycles. The van der Waals surface area contributed by atoms with Crippen molar-refractivity contribution >= 4 is 0 Å². The Balaban J connectivity index is 1.87. The molecule has 4 rings (SSSR count). The quantitative estimate of drug-likeness (QED) is 0.862. The maximum atomic E-state index is 10.1. The lowest BCUT2D eigenvalue weighted by molar-refractivity contribution is -0.260. The third kappa shape index (κ3) is 1.56. The van der Waals surface area contributed by atoms with Gasteiger partial charge in [-0.3, -0.25) is 0 Å². The molecule has 0 spiro atoms. The maximum absolute atomic E-state index is 10.1. The highest BCUT2D eigenvalue weighted by molar-refractivity contribution is 5.40. The first-order valence-corrected chi connectivity index (χ1v) is 8.02. The minimum absolute atomic E-state index is 0.0992. The van der Waals surface area contributed by atoms with Crippen LogP contribution in [0.1, 0.15) is 38.9 Å². The van der Waals surface area contributed by atoms with Crippen molar-refractivity contribution in [1.82, 2.24) is 0 Å². The fraction of sp³-hybridized carbons (Fsp3) is 0.667. The molecular weight excluding hydrogens is 264 g/mol. The highest BCUT2D eigenvalue weighted by Gasteiger charge is 2.64. The first-order chi connectivity index (χ1) is 10.0. The monoisotopic (exact) mass is 288 g/mol. The highest BCUT2D eigenvalue weighted by Crippen LogP contribution is 2.63. The molecule has 0 radical (unpaired) electrons. The summed E-state index contributed by atoms with van der Waals surface area (Å²) < 4.78 is 12.7. The van der Waals surface area contributed by atoms with E-state index < -0.39 is 0 Å². The molecule has 3 heteroatoms. The van der Waals surface area contributed by atoms with Gasteiger partial charge in [0.1, 0.15) is 11.4 Å². The SMILES string of the molecule is C[C@@H]1C[C@]2(C)Oc3ccccc3[C@H]3OC[C@]1(CO)[C@@H](C)[C@@H]32. The van der Waals surface area contributed by atoms with E-state index in [0.29, 0.717) is 24.4 Å². The number of benzene rings is 1. The van der Waals surface area contributed by atoms with Crippen molar-refractivity contribution in [2.24, 2.45) is 23.2 Å². The van der Waals surface area contributed by atoms with Gasteiger partial charge >= 0.3 is 0 Å². The fourth-order valence-electron chi connectivity index (χ4n) is 5.29. The summed E-state index contributed by atoms with van der Waals surface area (Å²) in [6, 6.07) is 8.26. The van der Waals surface area contributed by atoms with Gasteiger partial charge in [0, 0.05) is 16.9 Å². The van der Waals surface area contributed by atoms with Crippen LogP contribution in [0.5, 0.6) is 5.75 Å². The molecule has 2 bridgehead atoms. The van der Waals surface area contributed by atoms with Crippen molar-refractivity contribution in [1.29, 1.82) is 0 Å². The molecule has 1 saturated carbocycles. The Kier molecular flexibility index (Phi) is 2.74. The van der Waals surface area contributed by atoms with Crippen molar-refractivity contribution in [3.05, 3.63) is 29.8 Å². The van der Waals surface area contributed by atoms with E-state index in [2.05, 4.69) is 39.0 Å². The second-order valence-corrected chi connectivity index (χ2v) is 7.50. The van der Waals surface area contributed by atoms with Crippen LogP contribution in [-0.4, -0.2) is 23.9 Å². The molecule has 0 amide bonds. The lowest BCUT2D eigenvalue weighted by Gasteiger charge is -2.63. The number of para-hydroxylation sites is 1. The Morgan fingerprint density at radius 2 is 2.05 bits per heavy atom. The van der Waals surface area contributed by atoms with Crippen LogP contribution in [0.4, 0.5) is 0 Å². The van der Waals surface area contributed by atoms with Gasteiger partial charge < -0.3 is 14.6 Å². The Morgan fingerprint density at radius 1 is 1.29 bits per heavy atom. The van der Waals surface area contributed by atoms with Gasteiger partial charge in [-0.05, 0) is 31.2 Å². The van der Waals surface area contributed by atoms with Crippen molar-refractivity contribution in [3.63, 3.8) is 0 Å². The van der Waals surface area contributed by atoms with E-state index in [1.54, 1.807) is 0 Å². The third-order valence-electron chi connectivity index (χ3n) is 6.56. The van der Waals surface area contributed by atoms with Crippen molar-refractivity contribution in [2.45, 2.75) is 38.9 Å². The van der Waals surface area contributed by atoms with E-state index in [-0.39, 0.29) is 23.7 Å². The number of aliphatic hydroxyl groups excluding tert-OH is 1. The molecule has 1 N–H and O–H groups in total. The van der Waals surface area contributed by atoms with Crippen LogP contribution < -0.4 is 4.74 Å². The van der Waals surface area contributed by atoms with Crippen molar-refractivity contribution < 1.29 is 14.6 Å². The molecule has 114 valence electrons. The molecule has 3 aliphatic rings. The van der Waals surface area contributed by atoms with Gasteiger partial charge in [0.25, 0.3) is 0 Å². The first-order valence-electron chi connectivity index (χ1n) is 8.02. The molecule has 0 unspecified atom stereocenters. The summed E-state index contributed by atoms with van der Waals surface area (Å²) in [5.41, 5.74) is 0.862. The lowest BCUT2D eigenvalue weighted by atomic mass is 9.50. The van der Waals surface area contributed by atoms with Gasteiger partial charge in [0.05, 0.1) is 19.3 Å². The Hall–Kier alpha value is -1.06. The molecule has 2 fully saturated rings. The molecule has 1 saturated heterocycles. The topological polar surface area (TPSA) is 38.7 Å². The molecule has 3 nitrogen and oxygen atoms in total. The Morgan fingerprint density at radius 3 is 2.81 bits per heavy atom. The van der Waals surface area contributed by atoms with Crippen LogP contribution in [0.2, 0.25) is 0 Å². The summed E-state index contributed by atoms with van der Waals surface area (Å²) in [7, 11) is 0. The van der Waals surface area contributed by atoms with E-state index in [0.717, 1.165) is 12.2 Å². The van der Waals surface area contributed by atoms with Crippen LogP contribution >= 0.6 is 0 Å². The van der Waals surface area contributed by atoms with Crippen LogP contribution in [0.3, 0.4) is 0 Å². The van der Waals surface area contributed by atoms with Gasteiger partial charge in [-0.15, -0.1) is 0 Å². The number of ether oxygens (including phenoxy) is 2. The zero-order valence-electron chi connectivity index (χ0n) is 13.0. The number of hydrogen-bond donors (Lipinski definition) is 1. The maximum Gasteiger partial charge on any atom is 0.125 e. The second-order valence-electron chi connectivity index (χ2n) is 7.50. The zero-order valence-corrected chi connectivity index (χ0v) is 13.0. The molecule has 6 atom stereocenters. The van der Waals surface area contributed by atoms with Gasteiger partial charge in [0.15, 0.2) is 0 Å². The minimum Gasteiger partial charge on any atom is -0.487 e. The van der Waals surface area contributed by atoms with Crippen LogP contribution in [0.25, 0.3) is 0 Å². The van der Waals surface area contributed by atoms with E-state index in [9.17, 15) is 5.11 Å². The van der Waals surface area contributed by atoms with Gasteiger partial charge in [-0.2, -0.15) is 0 Å². The molecule has 1 aliphatic carbocycles. The normalized spacial score (nSPS) is 47.4. The Bertz CT molecular complexity index is 571. The average molecular weight is 288 g/mol. The minimum atomic E-state index is -0.197. The molecule has 1 aromatic rings. The summed E-state index contributed by atoms with van der Waals surface area (Å²) in [4.78, 5) is 0. The average Bonchev–Trinajstić information content (AvgIpc) is 2.46. The van der Waals surface area contributed by atoms with Crippen molar-refractivity contribution in [3.8, 4) is 5.75 Å². The smallest absolute Gasteiger partial charge is 0.125 e. The predicted molar refractivity (Wildman–Crippen MR) is 80.1 cm³/mol. The predicted octanol–water partition coefficient (Wildman–Crippen LogP) is 3.18. The van der Waals surface area contributed by atoms with Gasteiger partial charge in [-0.1, -0.05) is 32.0 Å². The van der Waals surface area contributed by atoms with Crippen LogP contribution in [0, 0.1) is 23.2 Å². The lowest BCUT2D eigenvalue weighted by Crippen LogP contribution is -2.65. The number of aliphatic hydroxyl groups is 1. The zero-order chi connectivity index (χ0) is 14.8. The largest absolute Gasteiger partial charge is 0.487 e. The first kappa shape index (κ1) is 13.6. The summed E-state index contributed by atoms with van der Waals surface area (Å²) in [6.45, 7) is 7.60. The number of fused-ring (bicyclic) bond motifs is 3. The fourth-order valence-corrected chi connectivity index (χ4v) is 5.29. The van der Waals surface area contributed by atoms with E-state index in [1.165, 1.54) is 5.56 Å². The molecule has 2 heterocycles. The molecular formula is C18H24O3. The highest BCUT2D eigenvalue weighted by atomic mass is 16.5. The molecule has 0 aromatic heterocycles. The molecule has 1 aromatic carbocycles. The van der Waals surface area contributed by atoms with E-state index >= 15 is 0 Å². The summed E-state index contributed by atoms with van der Waals surface area (Å²) in [6.07, 6.45) is 1.08. The Labute approximate surface area is 126 Å².